The summed E-state index contributed by atoms with van der Waals surface area (Å²) in [4.78, 5) is 13.2. The molecule has 3 aromatic rings. The monoisotopic (exact) mass is 309 g/mol. The molecule has 0 fully saturated rings. The zero-order chi connectivity index (χ0) is 16.2. The van der Waals surface area contributed by atoms with E-state index in [0.29, 0.717) is 18.3 Å². The lowest BCUT2D eigenvalue weighted by Crippen LogP contribution is -2.03. The van der Waals surface area contributed by atoms with Gasteiger partial charge >= 0.3 is 0 Å². The highest BCUT2D eigenvalue weighted by atomic mass is 16.5. The van der Waals surface area contributed by atoms with Gasteiger partial charge in [0.05, 0.1) is 12.2 Å². The van der Waals surface area contributed by atoms with Crippen LogP contribution >= 0.6 is 0 Å². The number of anilines is 1. The number of aromatic nitrogens is 4. The van der Waals surface area contributed by atoms with E-state index in [0.717, 1.165) is 22.8 Å². The molecule has 1 N–H and O–H groups in total. The van der Waals surface area contributed by atoms with Crippen molar-refractivity contribution >= 4 is 5.82 Å². The van der Waals surface area contributed by atoms with Gasteiger partial charge in [0.25, 0.3) is 5.89 Å². The number of hydrogen-bond acceptors (Lipinski definition) is 6. The molecule has 0 aliphatic carbocycles. The van der Waals surface area contributed by atoms with Gasteiger partial charge in [-0.05, 0) is 31.2 Å². The molecule has 0 saturated heterocycles. The lowest BCUT2D eigenvalue weighted by Gasteiger charge is -2.06. The average molecular weight is 309 g/mol. The van der Waals surface area contributed by atoms with E-state index >= 15 is 0 Å². The van der Waals surface area contributed by atoms with Crippen LogP contribution in [-0.4, -0.2) is 20.1 Å². The second-order valence-corrected chi connectivity index (χ2v) is 5.67. The van der Waals surface area contributed by atoms with E-state index in [1.807, 2.05) is 51.1 Å². The van der Waals surface area contributed by atoms with Crippen molar-refractivity contribution in [2.24, 2.45) is 0 Å². The van der Waals surface area contributed by atoms with E-state index in [1.165, 1.54) is 0 Å². The lowest BCUT2D eigenvalue weighted by molar-refractivity contribution is 0.419. The Hall–Kier alpha value is -2.76. The number of rotatable bonds is 5. The topological polar surface area (TPSA) is 76.7 Å². The van der Waals surface area contributed by atoms with Gasteiger partial charge in [-0.2, -0.15) is 4.98 Å². The zero-order valence-electron chi connectivity index (χ0n) is 13.4. The van der Waals surface area contributed by atoms with Crippen molar-refractivity contribution in [2.45, 2.75) is 33.2 Å². The van der Waals surface area contributed by atoms with Crippen LogP contribution < -0.4 is 5.32 Å². The molecule has 23 heavy (non-hydrogen) atoms. The Morgan fingerprint density at radius 1 is 1.17 bits per heavy atom. The summed E-state index contributed by atoms with van der Waals surface area (Å²) in [6.07, 6.45) is 1.72. The van der Waals surface area contributed by atoms with Crippen LogP contribution in [0.2, 0.25) is 0 Å². The van der Waals surface area contributed by atoms with E-state index in [4.69, 9.17) is 4.52 Å². The van der Waals surface area contributed by atoms with Gasteiger partial charge in [0, 0.05) is 23.4 Å². The maximum atomic E-state index is 5.32. The molecule has 0 amide bonds. The summed E-state index contributed by atoms with van der Waals surface area (Å²) < 4.78 is 5.32. The Bertz CT molecular complexity index is 797. The van der Waals surface area contributed by atoms with Crippen molar-refractivity contribution in [1.82, 2.24) is 20.1 Å². The minimum atomic E-state index is 0.235. The van der Waals surface area contributed by atoms with Crippen molar-refractivity contribution < 1.29 is 4.52 Å². The fourth-order valence-electron chi connectivity index (χ4n) is 2.13. The summed E-state index contributed by atoms with van der Waals surface area (Å²) in [6, 6.07) is 9.71. The van der Waals surface area contributed by atoms with Crippen molar-refractivity contribution in [3.8, 4) is 11.5 Å². The molecule has 0 aliphatic heterocycles. The second-order valence-electron chi connectivity index (χ2n) is 5.67. The summed E-state index contributed by atoms with van der Waals surface area (Å²) in [5.41, 5.74) is 2.81. The fraction of sp³-hybridized carbons (Fsp3) is 0.294. The van der Waals surface area contributed by atoms with Gasteiger partial charge in [0.2, 0.25) is 0 Å². The second kappa shape index (κ2) is 6.56. The van der Waals surface area contributed by atoms with E-state index < -0.39 is 0 Å². The van der Waals surface area contributed by atoms with Crippen LogP contribution in [0.1, 0.15) is 37.0 Å². The normalized spacial score (nSPS) is 11.0. The standard InChI is InChI=1S/C17H19N5O/c1-11(2)16-21-17(23-22-16)13-7-8-18-15(9-13)19-10-14-6-4-5-12(3)20-14/h4-9,11H,10H2,1-3H3,(H,18,19). The molecule has 3 heterocycles. The fourth-order valence-corrected chi connectivity index (χ4v) is 2.13. The van der Waals surface area contributed by atoms with E-state index in [1.54, 1.807) is 6.20 Å². The van der Waals surface area contributed by atoms with Crippen molar-refractivity contribution in [3.63, 3.8) is 0 Å². The first-order valence-electron chi connectivity index (χ1n) is 7.58. The van der Waals surface area contributed by atoms with Crippen molar-refractivity contribution in [3.05, 3.63) is 53.7 Å². The first kappa shape index (κ1) is 15.1. The minimum absolute atomic E-state index is 0.235. The molecule has 3 aromatic heterocycles. The third-order valence-electron chi connectivity index (χ3n) is 3.36. The van der Waals surface area contributed by atoms with Crippen LogP contribution in [0, 0.1) is 6.92 Å². The van der Waals surface area contributed by atoms with Crippen LogP contribution in [0.4, 0.5) is 5.82 Å². The summed E-state index contributed by atoms with van der Waals surface area (Å²) in [7, 11) is 0. The van der Waals surface area contributed by atoms with Crippen LogP contribution in [0.3, 0.4) is 0 Å². The molecule has 118 valence electrons. The Morgan fingerprint density at radius 2 is 2.04 bits per heavy atom. The first-order chi connectivity index (χ1) is 11.1. The first-order valence-corrected chi connectivity index (χ1v) is 7.58. The zero-order valence-corrected chi connectivity index (χ0v) is 13.4. The lowest BCUT2D eigenvalue weighted by atomic mass is 10.2. The van der Waals surface area contributed by atoms with Crippen LogP contribution in [0.15, 0.2) is 41.1 Å². The predicted molar refractivity (Wildman–Crippen MR) is 87.9 cm³/mol. The Balaban J connectivity index is 1.74. The highest BCUT2D eigenvalue weighted by molar-refractivity contribution is 5.57. The maximum Gasteiger partial charge on any atom is 0.258 e. The molecule has 0 spiro atoms. The van der Waals surface area contributed by atoms with Crippen LogP contribution in [0.5, 0.6) is 0 Å². The Morgan fingerprint density at radius 3 is 2.78 bits per heavy atom. The highest BCUT2D eigenvalue weighted by Gasteiger charge is 2.12. The van der Waals surface area contributed by atoms with Crippen molar-refractivity contribution in [1.29, 1.82) is 0 Å². The smallest absolute Gasteiger partial charge is 0.258 e. The molecule has 0 saturated carbocycles. The van der Waals surface area contributed by atoms with Gasteiger partial charge in [-0.15, -0.1) is 0 Å². The van der Waals surface area contributed by atoms with Gasteiger partial charge in [-0.1, -0.05) is 25.1 Å². The Kier molecular flexibility index (Phi) is 4.32. The quantitative estimate of drug-likeness (QED) is 0.776. The van der Waals surface area contributed by atoms with E-state index in [2.05, 4.69) is 25.4 Å². The summed E-state index contributed by atoms with van der Waals surface area (Å²) in [5.74, 6) is 2.19. The molecule has 0 unspecified atom stereocenters. The molecule has 6 heteroatoms. The third-order valence-corrected chi connectivity index (χ3v) is 3.36. The van der Waals surface area contributed by atoms with E-state index in [9.17, 15) is 0 Å². The van der Waals surface area contributed by atoms with Crippen LogP contribution in [-0.2, 0) is 6.54 Å². The van der Waals surface area contributed by atoms with Gasteiger partial charge in [-0.25, -0.2) is 4.98 Å². The molecule has 0 atom stereocenters. The van der Waals surface area contributed by atoms with Crippen molar-refractivity contribution in [2.75, 3.05) is 5.32 Å². The molecule has 3 rings (SSSR count). The largest absolute Gasteiger partial charge is 0.364 e. The number of pyridine rings is 2. The minimum Gasteiger partial charge on any atom is -0.364 e. The van der Waals surface area contributed by atoms with Gasteiger partial charge in [0.1, 0.15) is 5.82 Å². The number of hydrogen-bond donors (Lipinski definition) is 1. The summed E-state index contributed by atoms with van der Waals surface area (Å²) >= 11 is 0. The number of aryl methyl sites for hydroxylation is 1. The Labute approximate surface area is 135 Å². The molecule has 0 radical (unpaired) electrons. The highest BCUT2D eigenvalue weighted by Crippen LogP contribution is 2.21. The molecule has 0 bridgehead atoms. The maximum absolute atomic E-state index is 5.32. The molecule has 0 aliphatic rings. The van der Waals surface area contributed by atoms with Gasteiger partial charge in [-0.3, -0.25) is 4.98 Å². The van der Waals surface area contributed by atoms with E-state index in [-0.39, 0.29) is 5.92 Å². The van der Waals surface area contributed by atoms with Gasteiger partial charge < -0.3 is 9.84 Å². The summed E-state index contributed by atoms with van der Waals surface area (Å²) in [5, 5.41) is 7.25. The van der Waals surface area contributed by atoms with Gasteiger partial charge in [0.15, 0.2) is 5.82 Å². The number of nitrogens with one attached hydrogen (secondary N) is 1. The SMILES string of the molecule is Cc1cccc(CNc2cc(-c3nc(C(C)C)no3)ccn2)n1. The molecule has 6 nitrogen and oxygen atoms in total. The third kappa shape index (κ3) is 3.71. The average Bonchev–Trinajstić information content (AvgIpc) is 3.04. The molecular weight excluding hydrogens is 290 g/mol. The summed E-state index contributed by atoms with van der Waals surface area (Å²) in [6.45, 7) is 6.65. The van der Waals surface area contributed by atoms with Crippen LogP contribution in [0.25, 0.3) is 11.5 Å². The predicted octanol–water partition coefficient (Wildman–Crippen LogP) is 3.57. The molecule has 0 aromatic carbocycles. The molecular formula is C17H19N5O. The number of nitrogens with zero attached hydrogens (tertiary/aromatic N) is 4.